The van der Waals surface area contributed by atoms with Gasteiger partial charge in [-0.15, -0.1) is 0 Å². The van der Waals surface area contributed by atoms with Crippen LogP contribution >= 0.6 is 11.8 Å². The lowest BCUT2D eigenvalue weighted by atomic mass is 10.3. The second kappa shape index (κ2) is 6.12. The van der Waals surface area contributed by atoms with Gasteiger partial charge in [0, 0.05) is 32.2 Å². The van der Waals surface area contributed by atoms with Crippen molar-refractivity contribution in [2.24, 2.45) is 5.84 Å². The van der Waals surface area contributed by atoms with Crippen LogP contribution in [-0.2, 0) is 10.0 Å². The van der Waals surface area contributed by atoms with Crippen LogP contribution in [0.15, 0.2) is 11.2 Å². The van der Waals surface area contributed by atoms with Crippen LogP contribution in [0.2, 0.25) is 0 Å². The molecule has 112 valence electrons. The molecule has 0 unspecified atom stereocenters. The minimum absolute atomic E-state index is 0.461. The fourth-order valence-corrected chi connectivity index (χ4v) is 3.19. The fourth-order valence-electron chi connectivity index (χ4n) is 1.99. The summed E-state index contributed by atoms with van der Waals surface area (Å²) in [6, 6.07) is 1.76. The predicted molar refractivity (Wildman–Crippen MR) is 80.3 cm³/mol. The molecule has 0 atom stereocenters. The molecule has 1 saturated heterocycles. The summed E-state index contributed by atoms with van der Waals surface area (Å²) in [5.74, 6) is 6.70. The van der Waals surface area contributed by atoms with Crippen molar-refractivity contribution in [3.8, 4) is 0 Å². The van der Waals surface area contributed by atoms with Crippen LogP contribution in [0.1, 0.15) is 0 Å². The standard InChI is InChI=1S/C10H18N6O2S2/c1-19-10-12-8(14-11)7-9(13-10)15-3-5-16(6-4-15)20(2,17)18/h7H,3-6,11H2,1-2H3,(H,12,13,14). The Kier molecular flexibility index (Phi) is 4.68. The number of aromatic nitrogens is 2. The van der Waals surface area contributed by atoms with E-state index in [-0.39, 0.29) is 0 Å². The Labute approximate surface area is 122 Å². The van der Waals surface area contributed by atoms with Gasteiger partial charge in [-0.2, -0.15) is 4.31 Å². The third kappa shape index (κ3) is 3.51. The van der Waals surface area contributed by atoms with E-state index in [9.17, 15) is 8.42 Å². The molecule has 1 fully saturated rings. The number of nitrogens with zero attached hydrogens (tertiary/aromatic N) is 4. The Morgan fingerprint density at radius 2 is 1.95 bits per heavy atom. The van der Waals surface area contributed by atoms with E-state index in [1.54, 1.807) is 6.07 Å². The zero-order chi connectivity index (χ0) is 14.8. The fraction of sp³-hybridized carbons (Fsp3) is 0.600. The molecule has 2 heterocycles. The molecule has 10 heteroatoms. The number of hydrogen-bond acceptors (Lipinski definition) is 8. The van der Waals surface area contributed by atoms with Crippen LogP contribution < -0.4 is 16.2 Å². The molecule has 0 bridgehead atoms. The predicted octanol–water partition coefficient (Wildman–Crippen LogP) is -0.434. The molecule has 3 N–H and O–H groups in total. The molecule has 0 amide bonds. The molecule has 0 spiro atoms. The van der Waals surface area contributed by atoms with E-state index in [2.05, 4.69) is 15.4 Å². The summed E-state index contributed by atoms with van der Waals surface area (Å²) in [6.07, 6.45) is 3.12. The lowest BCUT2D eigenvalue weighted by molar-refractivity contribution is 0.386. The highest BCUT2D eigenvalue weighted by molar-refractivity contribution is 7.98. The van der Waals surface area contributed by atoms with Gasteiger partial charge in [0.2, 0.25) is 10.0 Å². The summed E-state index contributed by atoms with van der Waals surface area (Å²) >= 11 is 1.43. The van der Waals surface area contributed by atoms with E-state index in [0.29, 0.717) is 37.2 Å². The highest BCUT2D eigenvalue weighted by atomic mass is 32.2. The van der Waals surface area contributed by atoms with Crippen molar-refractivity contribution in [2.75, 3.05) is 49.0 Å². The first kappa shape index (κ1) is 15.3. The van der Waals surface area contributed by atoms with Crippen molar-refractivity contribution in [1.82, 2.24) is 14.3 Å². The number of piperazine rings is 1. The number of nitrogens with two attached hydrogens (primary N) is 1. The van der Waals surface area contributed by atoms with Crippen LogP contribution in [0, 0.1) is 0 Å². The highest BCUT2D eigenvalue weighted by Crippen LogP contribution is 2.21. The van der Waals surface area contributed by atoms with Crippen molar-refractivity contribution >= 4 is 33.4 Å². The zero-order valence-electron chi connectivity index (χ0n) is 11.4. The van der Waals surface area contributed by atoms with Crippen LogP contribution in [0.5, 0.6) is 0 Å². The molecule has 0 saturated carbocycles. The van der Waals surface area contributed by atoms with E-state index in [0.717, 1.165) is 5.82 Å². The van der Waals surface area contributed by atoms with Crippen molar-refractivity contribution in [2.45, 2.75) is 5.16 Å². The van der Waals surface area contributed by atoms with Gasteiger partial charge in [0.25, 0.3) is 0 Å². The molecule has 8 nitrogen and oxygen atoms in total. The van der Waals surface area contributed by atoms with E-state index in [4.69, 9.17) is 5.84 Å². The number of thioether (sulfide) groups is 1. The van der Waals surface area contributed by atoms with Gasteiger partial charge in [-0.3, -0.25) is 0 Å². The third-order valence-corrected chi connectivity index (χ3v) is 4.91. The first-order valence-electron chi connectivity index (χ1n) is 6.04. The maximum absolute atomic E-state index is 11.5. The zero-order valence-corrected chi connectivity index (χ0v) is 13.0. The Morgan fingerprint density at radius 3 is 2.45 bits per heavy atom. The van der Waals surface area contributed by atoms with Crippen molar-refractivity contribution in [1.29, 1.82) is 0 Å². The first-order chi connectivity index (χ1) is 9.44. The number of hydrazine groups is 1. The summed E-state index contributed by atoms with van der Waals surface area (Å²) in [4.78, 5) is 10.7. The van der Waals surface area contributed by atoms with Crippen LogP contribution in [0.3, 0.4) is 0 Å². The van der Waals surface area contributed by atoms with Gasteiger partial charge in [0.15, 0.2) is 5.16 Å². The summed E-state index contributed by atoms with van der Waals surface area (Å²) in [5, 5.41) is 0.626. The molecule has 0 aromatic carbocycles. The molecular weight excluding hydrogens is 300 g/mol. The number of sulfonamides is 1. The Balaban J connectivity index is 2.14. The van der Waals surface area contributed by atoms with Gasteiger partial charge in [-0.05, 0) is 6.26 Å². The Hall–Kier alpha value is -1.10. The molecule has 1 aliphatic rings. The minimum Gasteiger partial charge on any atom is -0.354 e. The molecule has 0 aliphatic carbocycles. The first-order valence-corrected chi connectivity index (χ1v) is 9.11. The van der Waals surface area contributed by atoms with E-state index in [1.165, 1.54) is 22.3 Å². The van der Waals surface area contributed by atoms with Crippen molar-refractivity contribution < 1.29 is 8.42 Å². The molecular formula is C10H18N6O2S2. The lowest BCUT2D eigenvalue weighted by Crippen LogP contribution is -2.48. The smallest absolute Gasteiger partial charge is 0.211 e. The van der Waals surface area contributed by atoms with Gasteiger partial charge < -0.3 is 10.3 Å². The van der Waals surface area contributed by atoms with E-state index >= 15 is 0 Å². The quantitative estimate of drug-likeness (QED) is 0.333. The number of nitrogen functional groups attached to an aromatic ring is 1. The summed E-state index contributed by atoms with van der Waals surface area (Å²) < 4.78 is 24.4. The highest BCUT2D eigenvalue weighted by Gasteiger charge is 2.24. The summed E-state index contributed by atoms with van der Waals surface area (Å²) in [6.45, 7) is 2.12. The molecule has 1 aromatic rings. The van der Waals surface area contributed by atoms with Crippen LogP contribution in [0.25, 0.3) is 0 Å². The Morgan fingerprint density at radius 1 is 1.30 bits per heavy atom. The van der Waals surface area contributed by atoms with Gasteiger partial charge in [0.05, 0.1) is 6.26 Å². The summed E-state index contributed by atoms with van der Waals surface area (Å²) in [7, 11) is -3.12. The second-order valence-electron chi connectivity index (χ2n) is 4.39. The largest absolute Gasteiger partial charge is 0.354 e. The third-order valence-electron chi connectivity index (χ3n) is 3.05. The van der Waals surface area contributed by atoms with E-state index < -0.39 is 10.0 Å². The van der Waals surface area contributed by atoms with Gasteiger partial charge in [0.1, 0.15) is 11.6 Å². The SMILES string of the molecule is CSc1nc(NN)cc(N2CCN(S(C)(=O)=O)CC2)n1. The number of hydrogen-bond donors (Lipinski definition) is 2. The molecule has 20 heavy (non-hydrogen) atoms. The maximum atomic E-state index is 11.5. The van der Waals surface area contributed by atoms with Crippen LogP contribution in [-0.4, -0.2) is 61.4 Å². The van der Waals surface area contributed by atoms with Gasteiger partial charge in [-0.25, -0.2) is 24.2 Å². The Bertz CT molecular complexity index is 549. The van der Waals surface area contributed by atoms with Gasteiger partial charge >= 0.3 is 0 Å². The minimum atomic E-state index is -3.12. The van der Waals surface area contributed by atoms with Crippen molar-refractivity contribution in [3.05, 3.63) is 6.07 Å². The average molecular weight is 318 g/mol. The average Bonchev–Trinajstić information content (AvgIpc) is 2.46. The molecule has 1 aliphatic heterocycles. The van der Waals surface area contributed by atoms with Gasteiger partial charge in [-0.1, -0.05) is 11.8 Å². The molecule has 1 aromatic heterocycles. The molecule has 2 rings (SSSR count). The van der Waals surface area contributed by atoms with Crippen LogP contribution in [0.4, 0.5) is 11.6 Å². The number of anilines is 2. The summed E-state index contributed by atoms with van der Waals surface area (Å²) in [5.41, 5.74) is 2.52. The monoisotopic (exact) mass is 318 g/mol. The second-order valence-corrected chi connectivity index (χ2v) is 7.15. The maximum Gasteiger partial charge on any atom is 0.211 e. The van der Waals surface area contributed by atoms with Crippen molar-refractivity contribution in [3.63, 3.8) is 0 Å². The normalized spacial score (nSPS) is 17.2. The molecule has 0 radical (unpaired) electrons. The lowest BCUT2D eigenvalue weighted by Gasteiger charge is -2.34. The van der Waals surface area contributed by atoms with E-state index in [1.807, 2.05) is 11.2 Å². The topological polar surface area (TPSA) is 104 Å². The number of rotatable bonds is 4. The number of nitrogens with one attached hydrogen (secondary N) is 1.